The van der Waals surface area contributed by atoms with E-state index in [4.69, 9.17) is 0 Å². The predicted octanol–water partition coefficient (Wildman–Crippen LogP) is 2.24. The molecule has 1 aromatic carbocycles. The van der Waals surface area contributed by atoms with Crippen molar-refractivity contribution in [2.75, 3.05) is 0 Å². The standard InChI is InChI=1S/C15H15N3O/c1-9-5-11(3)13(6-10(9)2)14-12(7-16)8-18(4)15(19)17-14/h5-6,8H,1-4H3. The van der Waals surface area contributed by atoms with Gasteiger partial charge in [-0.3, -0.25) is 0 Å². The third-order valence-corrected chi connectivity index (χ3v) is 3.30. The highest BCUT2D eigenvalue weighted by Gasteiger charge is 2.12. The largest absolute Gasteiger partial charge is 0.347 e. The van der Waals surface area contributed by atoms with Gasteiger partial charge in [-0.2, -0.15) is 10.2 Å². The Labute approximate surface area is 112 Å². The zero-order chi connectivity index (χ0) is 14.2. The van der Waals surface area contributed by atoms with Crippen LogP contribution in [0.5, 0.6) is 0 Å². The van der Waals surface area contributed by atoms with Gasteiger partial charge in [-0.1, -0.05) is 6.07 Å². The van der Waals surface area contributed by atoms with Crippen LogP contribution in [0.25, 0.3) is 11.3 Å². The number of hydrogen-bond donors (Lipinski definition) is 0. The van der Waals surface area contributed by atoms with E-state index in [0.717, 1.165) is 16.7 Å². The molecule has 2 rings (SSSR count). The maximum absolute atomic E-state index is 11.7. The van der Waals surface area contributed by atoms with Gasteiger partial charge in [0.05, 0.1) is 11.3 Å². The van der Waals surface area contributed by atoms with Crippen molar-refractivity contribution in [1.82, 2.24) is 9.55 Å². The number of nitrogens with zero attached hydrogens (tertiary/aromatic N) is 3. The molecule has 4 heteroatoms. The molecular weight excluding hydrogens is 238 g/mol. The second-order valence-electron chi connectivity index (χ2n) is 4.76. The van der Waals surface area contributed by atoms with Crippen LogP contribution in [0.3, 0.4) is 0 Å². The number of aromatic nitrogens is 2. The van der Waals surface area contributed by atoms with Crippen molar-refractivity contribution in [2.45, 2.75) is 20.8 Å². The van der Waals surface area contributed by atoms with E-state index in [9.17, 15) is 10.1 Å². The highest BCUT2D eigenvalue weighted by molar-refractivity contribution is 5.70. The van der Waals surface area contributed by atoms with Gasteiger partial charge >= 0.3 is 5.69 Å². The highest BCUT2D eigenvalue weighted by Crippen LogP contribution is 2.26. The van der Waals surface area contributed by atoms with Crippen LogP contribution in [0.1, 0.15) is 22.3 Å². The maximum Gasteiger partial charge on any atom is 0.347 e. The smallest absolute Gasteiger partial charge is 0.301 e. The summed E-state index contributed by atoms with van der Waals surface area (Å²) in [6.07, 6.45) is 1.53. The first-order valence-electron chi connectivity index (χ1n) is 6.00. The van der Waals surface area contributed by atoms with Crippen molar-refractivity contribution in [3.05, 3.63) is 51.1 Å². The first kappa shape index (κ1) is 13.0. The molecule has 0 aliphatic rings. The lowest BCUT2D eigenvalue weighted by atomic mass is 9.97. The molecule has 0 unspecified atom stereocenters. The number of rotatable bonds is 1. The summed E-state index contributed by atoms with van der Waals surface area (Å²) in [6, 6.07) is 6.13. The van der Waals surface area contributed by atoms with Gasteiger partial charge in [0.25, 0.3) is 0 Å². The van der Waals surface area contributed by atoms with Crippen LogP contribution < -0.4 is 5.69 Å². The van der Waals surface area contributed by atoms with E-state index in [1.807, 2.05) is 32.9 Å². The molecule has 0 saturated carbocycles. The van der Waals surface area contributed by atoms with Gasteiger partial charge in [0.2, 0.25) is 0 Å². The van der Waals surface area contributed by atoms with Crippen LogP contribution in [0.2, 0.25) is 0 Å². The number of nitriles is 1. The fourth-order valence-corrected chi connectivity index (χ4v) is 2.05. The summed E-state index contributed by atoms with van der Waals surface area (Å²) in [5.41, 5.74) is 4.68. The van der Waals surface area contributed by atoms with Gasteiger partial charge in [0, 0.05) is 18.8 Å². The highest BCUT2D eigenvalue weighted by atomic mass is 16.1. The van der Waals surface area contributed by atoms with E-state index in [-0.39, 0.29) is 5.69 Å². The van der Waals surface area contributed by atoms with Crippen LogP contribution in [0.15, 0.2) is 23.1 Å². The third kappa shape index (κ3) is 2.27. The lowest BCUT2D eigenvalue weighted by Crippen LogP contribution is -2.21. The van der Waals surface area contributed by atoms with Crippen molar-refractivity contribution in [1.29, 1.82) is 5.26 Å². The van der Waals surface area contributed by atoms with Crippen molar-refractivity contribution in [3.8, 4) is 17.3 Å². The lowest BCUT2D eigenvalue weighted by molar-refractivity contribution is 0.809. The Morgan fingerprint density at radius 2 is 1.79 bits per heavy atom. The lowest BCUT2D eigenvalue weighted by Gasteiger charge is -2.11. The Morgan fingerprint density at radius 1 is 1.16 bits per heavy atom. The number of benzene rings is 1. The Bertz CT molecular complexity index is 751. The molecule has 0 amide bonds. The molecule has 0 aliphatic carbocycles. The molecule has 4 nitrogen and oxygen atoms in total. The Morgan fingerprint density at radius 3 is 2.42 bits per heavy atom. The Kier molecular flexibility index (Phi) is 3.22. The van der Waals surface area contributed by atoms with Crippen molar-refractivity contribution in [3.63, 3.8) is 0 Å². The molecule has 0 radical (unpaired) electrons. The van der Waals surface area contributed by atoms with Crippen LogP contribution in [-0.2, 0) is 7.05 Å². The second-order valence-corrected chi connectivity index (χ2v) is 4.76. The second kappa shape index (κ2) is 4.69. The maximum atomic E-state index is 11.7. The molecule has 19 heavy (non-hydrogen) atoms. The fourth-order valence-electron chi connectivity index (χ4n) is 2.05. The van der Waals surface area contributed by atoms with E-state index < -0.39 is 0 Å². The molecule has 0 N–H and O–H groups in total. The van der Waals surface area contributed by atoms with Gasteiger partial charge < -0.3 is 4.57 Å². The van der Waals surface area contributed by atoms with Crippen LogP contribution >= 0.6 is 0 Å². The normalized spacial score (nSPS) is 10.3. The number of aryl methyl sites for hydroxylation is 4. The average molecular weight is 253 g/mol. The molecule has 1 aromatic heterocycles. The molecule has 0 saturated heterocycles. The average Bonchev–Trinajstić information content (AvgIpc) is 2.36. The molecule has 0 spiro atoms. The quantitative estimate of drug-likeness (QED) is 0.783. The van der Waals surface area contributed by atoms with E-state index in [1.54, 1.807) is 7.05 Å². The zero-order valence-corrected chi connectivity index (χ0v) is 11.5. The van der Waals surface area contributed by atoms with E-state index in [2.05, 4.69) is 11.1 Å². The van der Waals surface area contributed by atoms with Crippen molar-refractivity contribution < 1.29 is 0 Å². The summed E-state index contributed by atoms with van der Waals surface area (Å²) in [5.74, 6) is 0. The van der Waals surface area contributed by atoms with Gasteiger partial charge in [0.1, 0.15) is 6.07 Å². The fraction of sp³-hybridized carbons (Fsp3) is 0.267. The minimum Gasteiger partial charge on any atom is -0.301 e. The van der Waals surface area contributed by atoms with Gasteiger partial charge in [-0.25, -0.2) is 4.79 Å². The minimum absolute atomic E-state index is 0.355. The summed E-state index contributed by atoms with van der Waals surface area (Å²) in [4.78, 5) is 15.7. The summed E-state index contributed by atoms with van der Waals surface area (Å²) in [6.45, 7) is 6.00. The molecule has 0 bridgehead atoms. The number of hydrogen-bond acceptors (Lipinski definition) is 3. The van der Waals surface area contributed by atoms with E-state index >= 15 is 0 Å². The molecule has 0 fully saturated rings. The van der Waals surface area contributed by atoms with Crippen molar-refractivity contribution >= 4 is 0 Å². The van der Waals surface area contributed by atoms with E-state index in [1.165, 1.54) is 16.3 Å². The Balaban J connectivity index is 2.79. The summed E-state index contributed by atoms with van der Waals surface area (Å²) >= 11 is 0. The van der Waals surface area contributed by atoms with E-state index in [0.29, 0.717) is 11.3 Å². The first-order valence-corrected chi connectivity index (χ1v) is 6.00. The van der Waals surface area contributed by atoms with Crippen LogP contribution in [0, 0.1) is 32.1 Å². The molecular formula is C15H15N3O. The topological polar surface area (TPSA) is 58.7 Å². The van der Waals surface area contributed by atoms with Crippen LogP contribution in [-0.4, -0.2) is 9.55 Å². The molecule has 0 atom stereocenters. The van der Waals surface area contributed by atoms with Gasteiger partial charge in [0.15, 0.2) is 0 Å². The molecule has 0 aliphatic heterocycles. The van der Waals surface area contributed by atoms with Gasteiger partial charge in [-0.05, 0) is 43.5 Å². The van der Waals surface area contributed by atoms with Gasteiger partial charge in [-0.15, -0.1) is 0 Å². The Hall–Kier alpha value is -2.41. The monoisotopic (exact) mass is 253 g/mol. The first-order chi connectivity index (χ1) is 8.93. The van der Waals surface area contributed by atoms with Crippen LogP contribution in [0.4, 0.5) is 0 Å². The summed E-state index contributed by atoms with van der Waals surface area (Å²) in [5, 5.41) is 9.20. The predicted molar refractivity (Wildman–Crippen MR) is 73.8 cm³/mol. The summed E-state index contributed by atoms with van der Waals surface area (Å²) in [7, 11) is 1.59. The summed E-state index contributed by atoms with van der Waals surface area (Å²) < 4.78 is 1.32. The minimum atomic E-state index is -0.355. The zero-order valence-electron chi connectivity index (χ0n) is 11.5. The SMILES string of the molecule is Cc1cc(C)c(-c2nc(=O)n(C)cc2C#N)cc1C. The molecule has 96 valence electrons. The molecule has 2 aromatic rings. The molecule has 1 heterocycles. The van der Waals surface area contributed by atoms with Crippen molar-refractivity contribution in [2.24, 2.45) is 7.05 Å². The third-order valence-electron chi connectivity index (χ3n) is 3.30.